The molecule has 18 heavy (non-hydrogen) atoms. The number of nitrogens with one attached hydrogen (secondary N) is 1. The van der Waals surface area contributed by atoms with E-state index in [9.17, 15) is 4.79 Å². The van der Waals surface area contributed by atoms with Gasteiger partial charge in [-0.3, -0.25) is 10.1 Å². The Kier molecular flexibility index (Phi) is 3.38. The molecule has 0 atom stereocenters. The number of rotatable bonds is 2. The number of benzene rings is 1. The molecule has 0 saturated heterocycles. The number of carbonyl (C=O) groups excluding carboxylic acids is 1. The Bertz CT molecular complexity index is 580. The highest BCUT2D eigenvalue weighted by molar-refractivity contribution is 6.30. The minimum Gasteiger partial charge on any atom is -0.494 e. The molecule has 6 nitrogen and oxygen atoms in total. The number of amides is 1. The summed E-state index contributed by atoms with van der Waals surface area (Å²) in [7, 11) is 1.51. The number of azo groups is 1. The van der Waals surface area contributed by atoms with Gasteiger partial charge in [-0.1, -0.05) is 18.2 Å². The van der Waals surface area contributed by atoms with Crippen molar-refractivity contribution >= 4 is 29.2 Å². The Balaban J connectivity index is 2.39. The van der Waals surface area contributed by atoms with Gasteiger partial charge in [-0.25, -0.2) is 4.99 Å². The van der Waals surface area contributed by atoms with E-state index in [1.54, 1.807) is 18.2 Å². The maximum Gasteiger partial charge on any atom is 0.277 e. The van der Waals surface area contributed by atoms with Crippen LogP contribution in [0, 0.1) is 0 Å². The van der Waals surface area contributed by atoms with Crippen LogP contribution in [0.1, 0.15) is 0 Å². The monoisotopic (exact) mass is 264 g/mol. The van der Waals surface area contributed by atoms with Gasteiger partial charge in [-0.2, -0.15) is 0 Å². The second-order valence-electron chi connectivity index (χ2n) is 3.35. The molecule has 2 rings (SSSR count). The number of nitrogens with zero attached hydrogens (tertiary/aromatic N) is 3. The summed E-state index contributed by atoms with van der Waals surface area (Å²) in [6, 6.07) is 4.94. The molecule has 1 aromatic carbocycles. The zero-order valence-electron chi connectivity index (χ0n) is 9.48. The van der Waals surface area contributed by atoms with Crippen molar-refractivity contribution in [3.8, 4) is 5.75 Å². The summed E-state index contributed by atoms with van der Waals surface area (Å²) < 4.78 is 5.12. The third kappa shape index (κ3) is 2.54. The summed E-state index contributed by atoms with van der Waals surface area (Å²) >= 11 is 5.86. The molecule has 1 aromatic rings. The van der Waals surface area contributed by atoms with Gasteiger partial charge in [0.1, 0.15) is 17.1 Å². The van der Waals surface area contributed by atoms with Crippen LogP contribution in [-0.2, 0) is 4.79 Å². The Morgan fingerprint density at radius 2 is 2.22 bits per heavy atom. The van der Waals surface area contributed by atoms with Crippen LogP contribution in [0.2, 0.25) is 5.02 Å². The number of halogens is 1. The van der Waals surface area contributed by atoms with Crippen molar-refractivity contribution in [1.29, 1.82) is 0 Å². The topological polar surface area (TPSA) is 75.4 Å². The fourth-order valence-electron chi connectivity index (χ4n) is 1.27. The molecule has 0 aliphatic carbocycles. The van der Waals surface area contributed by atoms with E-state index in [1.807, 2.05) is 0 Å². The molecule has 1 N–H and O–H groups in total. The van der Waals surface area contributed by atoms with Crippen LogP contribution in [0.5, 0.6) is 5.75 Å². The van der Waals surface area contributed by atoms with Crippen LogP contribution >= 0.6 is 11.6 Å². The Hall–Kier alpha value is -2.21. The molecule has 1 aliphatic rings. The minimum atomic E-state index is -0.440. The summed E-state index contributed by atoms with van der Waals surface area (Å²) in [4.78, 5) is 15.4. The van der Waals surface area contributed by atoms with Gasteiger partial charge in [0.2, 0.25) is 5.96 Å². The van der Waals surface area contributed by atoms with Crippen LogP contribution in [0.4, 0.5) is 5.69 Å². The van der Waals surface area contributed by atoms with Crippen LogP contribution in [0.3, 0.4) is 0 Å². The van der Waals surface area contributed by atoms with E-state index in [2.05, 4.69) is 27.1 Å². The van der Waals surface area contributed by atoms with Crippen LogP contribution < -0.4 is 10.1 Å². The summed E-state index contributed by atoms with van der Waals surface area (Å²) in [5.74, 6) is 0.137. The molecule has 0 bridgehead atoms. The van der Waals surface area contributed by atoms with E-state index in [0.29, 0.717) is 16.5 Å². The van der Waals surface area contributed by atoms with E-state index in [-0.39, 0.29) is 11.7 Å². The van der Waals surface area contributed by atoms with Crippen molar-refractivity contribution in [3.63, 3.8) is 0 Å². The zero-order chi connectivity index (χ0) is 13.1. The van der Waals surface area contributed by atoms with E-state index >= 15 is 0 Å². The first-order valence-corrected chi connectivity index (χ1v) is 5.32. The lowest BCUT2D eigenvalue weighted by molar-refractivity contribution is -0.116. The third-order valence-electron chi connectivity index (χ3n) is 2.12. The first-order chi connectivity index (χ1) is 8.60. The highest BCUT2D eigenvalue weighted by atomic mass is 35.5. The molecular weight excluding hydrogens is 256 g/mol. The van der Waals surface area contributed by atoms with Gasteiger partial charge in [-0.15, -0.1) is 10.2 Å². The van der Waals surface area contributed by atoms with Gasteiger partial charge < -0.3 is 4.74 Å². The molecule has 0 radical (unpaired) electrons. The minimum absolute atomic E-state index is 0.0343. The molecule has 92 valence electrons. The molecule has 0 spiro atoms. The maximum absolute atomic E-state index is 11.3. The standard InChI is InChI=1S/C11H9ClN4O2/c1-6-10(17)14-11(16-15-6)13-8-5-7(12)3-4-9(8)18-2/h3-5H,1H2,2H3,(H,13,14,17). The second kappa shape index (κ2) is 4.97. The number of methoxy groups -OCH3 is 1. The number of ether oxygens (including phenoxy) is 1. The highest BCUT2D eigenvalue weighted by Crippen LogP contribution is 2.30. The van der Waals surface area contributed by atoms with E-state index < -0.39 is 5.91 Å². The van der Waals surface area contributed by atoms with Gasteiger partial charge in [0.15, 0.2) is 0 Å². The van der Waals surface area contributed by atoms with Gasteiger partial charge >= 0.3 is 0 Å². The predicted octanol–water partition coefficient (Wildman–Crippen LogP) is 2.43. The quantitative estimate of drug-likeness (QED) is 0.833. The van der Waals surface area contributed by atoms with Crippen molar-refractivity contribution in [2.45, 2.75) is 0 Å². The molecule has 1 aliphatic heterocycles. The molecule has 1 heterocycles. The lowest BCUT2D eigenvalue weighted by atomic mass is 10.3. The van der Waals surface area contributed by atoms with E-state index in [0.717, 1.165) is 0 Å². The van der Waals surface area contributed by atoms with Gasteiger partial charge in [0.05, 0.1) is 7.11 Å². The number of guanidine groups is 1. The Morgan fingerprint density at radius 3 is 2.89 bits per heavy atom. The summed E-state index contributed by atoms with van der Waals surface area (Å²) in [5.41, 5.74) is 0.485. The normalized spacial score (nSPS) is 16.9. The smallest absolute Gasteiger partial charge is 0.277 e. The van der Waals surface area contributed by atoms with Crippen molar-refractivity contribution in [1.82, 2.24) is 5.32 Å². The lowest BCUT2D eigenvalue weighted by Gasteiger charge is -2.09. The molecule has 0 unspecified atom stereocenters. The molecule has 1 amide bonds. The number of hydrogen-bond donors (Lipinski definition) is 1. The van der Waals surface area contributed by atoms with Crippen molar-refractivity contribution < 1.29 is 9.53 Å². The van der Waals surface area contributed by atoms with Crippen molar-refractivity contribution in [2.24, 2.45) is 15.2 Å². The van der Waals surface area contributed by atoms with Crippen LogP contribution in [0.25, 0.3) is 0 Å². The maximum atomic E-state index is 11.3. The van der Waals surface area contributed by atoms with E-state index in [4.69, 9.17) is 16.3 Å². The largest absolute Gasteiger partial charge is 0.494 e. The highest BCUT2D eigenvalue weighted by Gasteiger charge is 2.15. The van der Waals surface area contributed by atoms with Gasteiger partial charge in [0, 0.05) is 5.02 Å². The predicted molar refractivity (Wildman–Crippen MR) is 67.2 cm³/mol. The average molecular weight is 265 g/mol. The summed E-state index contributed by atoms with van der Waals surface area (Å²) in [6.07, 6.45) is 0. The SMILES string of the molecule is C=C1N=NC(=Nc2cc(Cl)ccc2OC)NC1=O. The van der Waals surface area contributed by atoms with Gasteiger partial charge in [-0.05, 0) is 18.2 Å². The second-order valence-corrected chi connectivity index (χ2v) is 3.79. The summed E-state index contributed by atoms with van der Waals surface area (Å²) in [6.45, 7) is 3.41. The van der Waals surface area contributed by atoms with Crippen molar-refractivity contribution in [2.75, 3.05) is 7.11 Å². The van der Waals surface area contributed by atoms with Crippen LogP contribution in [-0.4, -0.2) is 19.0 Å². The van der Waals surface area contributed by atoms with Crippen molar-refractivity contribution in [3.05, 3.63) is 35.5 Å². The molecule has 0 saturated carbocycles. The Labute approximate surface area is 108 Å². The number of aliphatic imine (C=N–C) groups is 1. The zero-order valence-corrected chi connectivity index (χ0v) is 10.2. The summed E-state index contributed by atoms with van der Waals surface area (Å²) in [5, 5.41) is 10.2. The molecule has 0 fully saturated rings. The van der Waals surface area contributed by atoms with E-state index in [1.165, 1.54) is 7.11 Å². The molecule has 0 aromatic heterocycles. The third-order valence-corrected chi connectivity index (χ3v) is 2.36. The molecule has 7 heteroatoms. The number of carbonyl (C=O) groups is 1. The number of hydrogen-bond acceptors (Lipinski definition) is 4. The average Bonchev–Trinajstić information content (AvgIpc) is 2.34. The van der Waals surface area contributed by atoms with Gasteiger partial charge in [0.25, 0.3) is 5.91 Å². The van der Waals surface area contributed by atoms with Crippen LogP contribution in [0.15, 0.2) is 45.7 Å². The fourth-order valence-corrected chi connectivity index (χ4v) is 1.43. The molecular formula is C11H9ClN4O2. The first-order valence-electron chi connectivity index (χ1n) is 4.94. The first kappa shape index (κ1) is 12.3. The fraction of sp³-hybridized carbons (Fsp3) is 0.0909. The lowest BCUT2D eigenvalue weighted by Crippen LogP contribution is -2.32. The Morgan fingerprint density at radius 1 is 1.44 bits per heavy atom.